The highest BCUT2D eigenvalue weighted by Gasteiger charge is 2.38. The highest BCUT2D eigenvalue weighted by Crippen LogP contribution is 2.45. The Balaban J connectivity index is 1.45. The largest absolute Gasteiger partial charge is 0.449 e. The maximum absolute atomic E-state index is 12.6. The number of nitrogens with one attached hydrogen (secondary N) is 2. The van der Waals surface area contributed by atoms with Crippen molar-refractivity contribution in [3.05, 3.63) is 53.6 Å². The number of likely N-dealkylation sites (tertiary alicyclic amines) is 1. The van der Waals surface area contributed by atoms with Gasteiger partial charge in [-0.3, -0.25) is 9.59 Å². The van der Waals surface area contributed by atoms with Crippen LogP contribution in [0.2, 0.25) is 0 Å². The van der Waals surface area contributed by atoms with Gasteiger partial charge in [-0.2, -0.15) is 11.8 Å². The van der Waals surface area contributed by atoms with Crippen molar-refractivity contribution in [1.82, 2.24) is 10.2 Å². The van der Waals surface area contributed by atoms with E-state index >= 15 is 0 Å². The van der Waals surface area contributed by atoms with Gasteiger partial charge in [0.15, 0.2) is 0 Å². The molecule has 0 aromatic heterocycles. The van der Waals surface area contributed by atoms with E-state index in [0.29, 0.717) is 12.1 Å². The minimum atomic E-state index is -0.845. The van der Waals surface area contributed by atoms with Crippen molar-refractivity contribution in [2.75, 3.05) is 31.8 Å². The fraction of sp³-hybridized carbons (Fsp3) is 0.375. The summed E-state index contributed by atoms with van der Waals surface area (Å²) < 4.78 is 5.34. The van der Waals surface area contributed by atoms with Crippen molar-refractivity contribution >= 4 is 35.4 Å². The van der Waals surface area contributed by atoms with Crippen LogP contribution in [0.4, 0.5) is 10.5 Å². The summed E-state index contributed by atoms with van der Waals surface area (Å²) in [7, 11) is 1.52. The molecule has 0 bridgehead atoms. The molecule has 1 aliphatic carbocycles. The number of benzene rings is 2. The first-order valence-corrected chi connectivity index (χ1v) is 12.1. The van der Waals surface area contributed by atoms with Gasteiger partial charge in [0.1, 0.15) is 12.8 Å². The second-order valence-electron chi connectivity index (χ2n) is 8.06. The third kappa shape index (κ3) is 4.69. The maximum atomic E-state index is 12.6. The van der Waals surface area contributed by atoms with E-state index in [-0.39, 0.29) is 42.6 Å². The Morgan fingerprint density at radius 1 is 1.18 bits per heavy atom. The van der Waals surface area contributed by atoms with Crippen molar-refractivity contribution in [3.63, 3.8) is 0 Å². The summed E-state index contributed by atoms with van der Waals surface area (Å²) in [5.41, 5.74) is 4.81. The van der Waals surface area contributed by atoms with E-state index in [1.165, 1.54) is 23.7 Å². The standard InChI is InChI=1S/C24H27N3O5S/c1-25-24(31)32-13-19-16-6-4-3-5-15(16)17-8-7-14(11-18(17)19)26-21(28)9-10-27-22(29)12-20(33-2)23(27)30/h3-8,11,19-20,22,29H,9-10,12-13H2,1-2H3,(H,25,31)(H,26,28). The summed E-state index contributed by atoms with van der Waals surface area (Å²) in [6.45, 7) is 0.356. The molecule has 8 nitrogen and oxygen atoms in total. The first-order valence-electron chi connectivity index (χ1n) is 10.8. The van der Waals surface area contributed by atoms with Gasteiger partial charge in [0.2, 0.25) is 11.8 Å². The minimum absolute atomic E-state index is 0.0877. The van der Waals surface area contributed by atoms with E-state index in [9.17, 15) is 19.5 Å². The number of aliphatic hydroxyl groups excluding tert-OH is 1. The summed E-state index contributed by atoms with van der Waals surface area (Å²) >= 11 is 1.41. The van der Waals surface area contributed by atoms with Gasteiger partial charge in [-0.15, -0.1) is 0 Å². The summed E-state index contributed by atoms with van der Waals surface area (Å²) in [4.78, 5) is 37.9. The molecule has 33 heavy (non-hydrogen) atoms. The topological polar surface area (TPSA) is 108 Å². The van der Waals surface area contributed by atoms with E-state index in [0.717, 1.165) is 22.3 Å². The molecule has 0 radical (unpaired) electrons. The number of carbonyl (C=O) groups excluding carboxylic acids is 3. The molecule has 0 spiro atoms. The molecular weight excluding hydrogens is 442 g/mol. The number of amides is 3. The molecule has 3 atom stereocenters. The van der Waals surface area contributed by atoms with Gasteiger partial charge in [0, 0.05) is 38.0 Å². The lowest BCUT2D eigenvalue weighted by atomic mass is 9.97. The van der Waals surface area contributed by atoms with Crippen molar-refractivity contribution in [1.29, 1.82) is 0 Å². The Labute approximate surface area is 196 Å². The number of hydrogen-bond acceptors (Lipinski definition) is 6. The monoisotopic (exact) mass is 469 g/mol. The second kappa shape index (κ2) is 9.84. The first kappa shape index (κ1) is 23.1. The molecule has 3 unspecified atom stereocenters. The van der Waals surface area contributed by atoms with Crippen molar-refractivity contribution < 1.29 is 24.2 Å². The second-order valence-corrected chi connectivity index (χ2v) is 9.10. The Morgan fingerprint density at radius 3 is 2.67 bits per heavy atom. The third-order valence-corrected chi connectivity index (χ3v) is 7.09. The molecule has 1 saturated heterocycles. The molecule has 1 fully saturated rings. The van der Waals surface area contributed by atoms with Gasteiger partial charge in [-0.25, -0.2) is 4.79 Å². The Bertz CT molecular complexity index is 1080. The highest BCUT2D eigenvalue weighted by molar-refractivity contribution is 7.99. The van der Waals surface area contributed by atoms with Crippen LogP contribution in [-0.2, 0) is 14.3 Å². The van der Waals surface area contributed by atoms with E-state index in [4.69, 9.17) is 4.74 Å². The molecule has 0 saturated carbocycles. The zero-order chi connectivity index (χ0) is 23.5. The number of fused-ring (bicyclic) bond motifs is 3. The van der Waals surface area contributed by atoms with Crippen LogP contribution in [-0.4, -0.2) is 65.8 Å². The highest BCUT2D eigenvalue weighted by atomic mass is 32.2. The Hall–Kier alpha value is -3.04. The maximum Gasteiger partial charge on any atom is 0.406 e. The van der Waals surface area contributed by atoms with Crippen molar-refractivity contribution in [2.45, 2.75) is 30.2 Å². The number of aliphatic hydroxyl groups is 1. The third-order valence-electron chi connectivity index (χ3n) is 6.13. The van der Waals surface area contributed by atoms with Crippen LogP contribution in [0, 0.1) is 0 Å². The zero-order valence-electron chi connectivity index (χ0n) is 18.5. The fourth-order valence-corrected chi connectivity index (χ4v) is 5.15. The van der Waals surface area contributed by atoms with Gasteiger partial charge >= 0.3 is 6.09 Å². The number of thioether (sulfide) groups is 1. The van der Waals surface area contributed by atoms with E-state index in [2.05, 4.69) is 10.6 Å². The van der Waals surface area contributed by atoms with E-state index in [1.807, 2.05) is 48.7 Å². The minimum Gasteiger partial charge on any atom is -0.449 e. The molecule has 1 heterocycles. The number of hydrogen-bond donors (Lipinski definition) is 3. The SMILES string of the molecule is CNC(=O)OCC1c2ccccc2-c2ccc(NC(=O)CCN3C(=O)C(SC)CC3O)cc21. The predicted molar refractivity (Wildman–Crippen MR) is 127 cm³/mol. The Morgan fingerprint density at radius 2 is 1.94 bits per heavy atom. The Kier molecular flexibility index (Phi) is 6.90. The van der Waals surface area contributed by atoms with Crippen LogP contribution in [0.3, 0.4) is 0 Å². The van der Waals surface area contributed by atoms with Crippen LogP contribution in [0.1, 0.15) is 29.9 Å². The fourth-order valence-electron chi connectivity index (χ4n) is 4.45. The average molecular weight is 470 g/mol. The molecule has 1 aliphatic heterocycles. The molecular formula is C24H27N3O5S. The summed E-state index contributed by atoms with van der Waals surface area (Å²) in [6.07, 6.45) is 0.969. The molecule has 3 amide bonds. The van der Waals surface area contributed by atoms with Crippen LogP contribution >= 0.6 is 11.8 Å². The summed E-state index contributed by atoms with van der Waals surface area (Å²) in [6, 6.07) is 13.7. The smallest absolute Gasteiger partial charge is 0.406 e. The lowest BCUT2D eigenvalue weighted by Crippen LogP contribution is -2.36. The number of anilines is 1. The van der Waals surface area contributed by atoms with Gasteiger partial charge in [-0.05, 0) is 40.6 Å². The van der Waals surface area contributed by atoms with E-state index < -0.39 is 12.3 Å². The van der Waals surface area contributed by atoms with Crippen molar-refractivity contribution in [3.8, 4) is 11.1 Å². The molecule has 4 rings (SSSR count). The summed E-state index contributed by atoms with van der Waals surface area (Å²) in [5.74, 6) is -0.500. The first-order chi connectivity index (χ1) is 15.9. The summed E-state index contributed by atoms with van der Waals surface area (Å²) in [5, 5.41) is 15.2. The molecule has 2 aliphatic rings. The van der Waals surface area contributed by atoms with Gasteiger partial charge in [0.05, 0.1) is 5.25 Å². The normalized spacial score (nSPS) is 20.9. The molecule has 2 aromatic carbocycles. The van der Waals surface area contributed by atoms with Crippen molar-refractivity contribution in [2.24, 2.45) is 0 Å². The number of nitrogens with zero attached hydrogens (tertiary/aromatic N) is 1. The van der Waals surface area contributed by atoms with Crippen LogP contribution in [0.25, 0.3) is 11.1 Å². The number of rotatable bonds is 7. The lowest BCUT2D eigenvalue weighted by molar-refractivity contribution is -0.133. The van der Waals surface area contributed by atoms with Gasteiger partial charge in [0.25, 0.3) is 0 Å². The van der Waals surface area contributed by atoms with Crippen LogP contribution in [0.5, 0.6) is 0 Å². The quantitative estimate of drug-likeness (QED) is 0.576. The van der Waals surface area contributed by atoms with Gasteiger partial charge < -0.3 is 25.4 Å². The molecule has 9 heteroatoms. The predicted octanol–water partition coefficient (Wildman–Crippen LogP) is 2.77. The van der Waals surface area contributed by atoms with Crippen LogP contribution < -0.4 is 10.6 Å². The number of carbonyl (C=O) groups is 3. The average Bonchev–Trinajstić information content (AvgIpc) is 3.28. The van der Waals surface area contributed by atoms with Gasteiger partial charge in [-0.1, -0.05) is 30.3 Å². The molecule has 2 aromatic rings. The number of alkyl carbamates (subject to hydrolysis) is 1. The lowest BCUT2D eigenvalue weighted by Gasteiger charge is -2.20. The number of ether oxygens (including phenoxy) is 1. The van der Waals surface area contributed by atoms with E-state index in [1.54, 1.807) is 0 Å². The van der Waals surface area contributed by atoms with Crippen LogP contribution in [0.15, 0.2) is 42.5 Å². The zero-order valence-corrected chi connectivity index (χ0v) is 19.4. The molecule has 174 valence electrons. The molecule has 3 N–H and O–H groups in total.